The van der Waals surface area contributed by atoms with Crippen molar-refractivity contribution in [3.05, 3.63) is 22.8 Å². The largest absolute Gasteiger partial charge is 0.392 e. The van der Waals surface area contributed by atoms with Crippen LogP contribution in [-0.4, -0.2) is 11.9 Å². The Morgan fingerprint density at radius 2 is 2.05 bits per heavy atom. The number of carbonyl (C=O) groups is 2. The summed E-state index contributed by atoms with van der Waals surface area (Å²) in [6.45, 7) is 4.10. The summed E-state index contributed by atoms with van der Waals surface area (Å²) in [6.07, 6.45) is 7.41. The van der Waals surface area contributed by atoms with E-state index >= 15 is 0 Å². The predicted molar refractivity (Wildman–Crippen MR) is 71.1 cm³/mol. The molecule has 0 aromatic rings. The first kappa shape index (κ1) is 12.6. The van der Waals surface area contributed by atoms with Gasteiger partial charge >= 0.3 is 11.9 Å². The third kappa shape index (κ3) is 1.71. The summed E-state index contributed by atoms with van der Waals surface area (Å²) in [5.41, 5.74) is 3.80. The summed E-state index contributed by atoms with van der Waals surface area (Å²) in [5.74, 6) is -0.965. The molecule has 0 spiro atoms. The Morgan fingerprint density at radius 1 is 1.26 bits per heavy atom. The Hall–Kier alpha value is -1.38. The van der Waals surface area contributed by atoms with Crippen LogP contribution in [0, 0.1) is 17.8 Å². The molecule has 0 radical (unpaired) electrons. The first-order chi connectivity index (χ1) is 9.19. The Labute approximate surface area is 113 Å². The molecule has 3 aliphatic rings. The summed E-state index contributed by atoms with van der Waals surface area (Å²) < 4.78 is 4.94. The Bertz CT molecular complexity index is 498. The van der Waals surface area contributed by atoms with Gasteiger partial charge in [0.1, 0.15) is 0 Å². The number of hydrogen-bond donors (Lipinski definition) is 0. The van der Waals surface area contributed by atoms with Crippen LogP contribution in [0.15, 0.2) is 22.8 Å². The van der Waals surface area contributed by atoms with Gasteiger partial charge in [0.25, 0.3) is 0 Å². The van der Waals surface area contributed by atoms with E-state index in [1.807, 2.05) is 13.0 Å². The molecule has 3 rings (SSSR count). The van der Waals surface area contributed by atoms with Gasteiger partial charge in [-0.3, -0.25) is 9.59 Å². The highest BCUT2D eigenvalue weighted by atomic mass is 16.6. The number of cyclic esters (lactones) is 2. The van der Waals surface area contributed by atoms with Crippen LogP contribution in [0.1, 0.15) is 46.0 Å². The van der Waals surface area contributed by atoms with Gasteiger partial charge in [-0.25, -0.2) is 0 Å². The smallest absolute Gasteiger partial charge is 0.321 e. The molecule has 1 saturated carbocycles. The molecule has 1 heterocycles. The molecule has 0 bridgehead atoms. The van der Waals surface area contributed by atoms with Crippen molar-refractivity contribution in [3.63, 3.8) is 0 Å². The number of carbonyl (C=O) groups excluding carboxylic acids is 2. The molecule has 0 N–H and O–H groups in total. The minimum Gasteiger partial charge on any atom is -0.392 e. The average Bonchev–Trinajstić information content (AvgIpc) is 2.72. The molecule has 3 heteroatoms. The molecule has 0 aromatic heterocycles. The fourth-order valence-corrected chi connectivity index (χ4v) is 4.20. The Kier molecular flexibility index (Phi) is 3.08. The van der Waals surface area contributed by atoms with Gasteiger partial charge in [0.05, 0.1) is 11.8 Å². The number of esters is 2. The molecule has 102 valence electrons. The molecule has 2 aliphatic carbocycles. The summed E-state index contributed by atoms with van der Waals surface area (Å²) >= 11 is 0. The molecular weight excluding hydrogens is 240 g/mol. The molecule has 1 saturated heterocycles. The maximum absolute atomic E-state index is 12.0. The molecule has 0 amide bonds. The van der Waals surface area contributed by atoms with Crippen molar-refractivity contribution >= 4 is 11.9 Å². The highest BCUT2D eigenvalue weighted by molar-refractivity contribution is 5.99. The number of allylic oxidation sites excluding steroid dienone is 3. The quantitative estimate of drug-likeness (QED) is 0.537. The molecule has 0 unspecified atom stereocenters. The van der Waals surface area contributed by atoms with Gasteiger partial charge in [-0.05, 0) is 49.7 Å². The van der Waals surface area contributed by atoms with Crippen molar-refractivity contribution in [1.29, 1.82) is 0 Å². The maximum atomic E-state index is 12.0. The SMILES string of the molecule is C/C=C1\C(CC)=C2CCCC[C@H]2[C@H]2C(=O)OC(=O)[C@@H]12. The second-order valence-electron chi connectivity index (χ2n) is 5.70. The van der Waals surface area contributed by atoms with Gasteiger partial charge in [-0.1, -0.05) is 25.0 Å². The van der Waals surface area contributed by atoms with E-state index in [4.69, 9.17) is 4.74 Å². The maximum Gasteiger partial charge on any atom is 0.321 e. The van der Waals surface area contributed by atoms with Crippen LogP contribution in [0.4, 0.5) is 0 Å². The van der Waals surface area contributed by atoms with Crippen molar-refractivity contribution in [2.24, 2.45) is 17.8 Å². The van der Waals surface area contributed by atoms with E-state index in [1.54, 1.807) is 0 Å². The summed E-state index contributed by atoms with van der Waals surface area (Å²) in [6, 6.07) is 0. The number of ether oxygens (including phenoxy) is 1. The van der Waals surface area contributed by atoms with E-state index in [9.17, 15) is 9.59 Å². The van der Waals surface area contributed by atoms with E-state index in [2.05, 4.69) is 6.92 Å². The Balaban J connectivity index is 2.16. The topological polar surface area (TPSA) is 43.4 Å². The minimum absolute atomic E-state index is 0.246. The lowest BCUT2D eigenvalue weighted by molar-refractivity contribution is -0.153. The van der Waals surface area contributed by atoms with Crippen molar-refractivity contribution < 1.29 is 14.3 Å². The second-order valence-corrected chi connectivity index (χ2v) is 5.70. The zero-order valence-electron chi connectivity index (χ0n) is 11.6. The summed E-state index contributed by atoms with van der Waals surface area (Å²) in [4.78, 5) is 24.1. The normalized spacial score (nSPS) is 36.3. The fourth-order valence-electron chi connectivity index (χ4n) is 4.20. The summed E-state index contributed by atoms with van der Waals surface area (Å²) in [7, 11) is 0. The lowest BCUT2D eigenvalue weighted by Crippen LogP contribution is -2.35. The van der Waals surface area contributed by atoms with E-state index < -0.39 is 0 Å². The summed E-state index contributed by atoms with van der Waals surface area (Å²) in [5, 5.41) is 0. The van der Waals surface area contributed by atoms with Crippen LogP contribution in [-0.2, 0) is 14.3 Å². The number of hydrogen-bond acceptors (Lipinski definition) is 3. The van der Waals surface area contributed by atoms with Gasteiger partial charge < -0.3 is 4.74 Å². The van der Waals surface area contributed by atoms with Gasteiger partial charge in [-0.2, -0.15) is 0 Å². The fraction of sp³-hybridized carbons (Fsp3) is 0.625. The molecular formula is C16H20O3. The van der Waals surface area contributed by atoms with Crippen molar-refractivity contribution in [1.82, 2.24) is 0 Å². The van der Waals surface area contributed by atoms with Gasteiger partial charge in [0.2, 0.25) is 0 Å². The molecule has 1 aliphatic heterocycles. The van der Waals surface area contributed by atoms with Crippen LogP contribution in [0.25, 0.3) is 0 Å². The van der Waals surface area contributed by atoms with E-state index in [-0.39, 0.29) is 29.7 Å². The monoisotopic (exact) mass is 260 g/mol. The Morgan fingerprint density at radius 3 is 2.74 bits per heavy atom. The van der Waals surface area contributed by atoms with Gasteiger partial charge in [-0.15, -0.1) is 0 Å². The van der Waals surface area contributed by atoms with Crippen LogP contribution in [0.5, 0.6) is 0 Å². The lowest BCUT2D eigenvalue weighted by Gasteiger charge is -2.38. The van der Waals surface area contributed by atoms with Crippen LogP contribution in [0.3, 0.4) is 0 Å². The van der Waals surface area contributed by atoms with Crippen molar-refractivity contribution in [2.75, 3.05) is 0 Å². The standard InChI is InChI=1S/C16H20O3/c1-3-9-10(4-2)13-14(16(18)19-15(13)17)12-8-6-5-7-11(9)12/h4,12-14H,3,5-8H2,1-2H3/b10-4+/t12-,13+,14-/m1/s1. The zero-order chi connectivity index (χ0) is 13.6. The first-order valence-corrected chi connectivity index (χ1v) is 7.33. The molecule has 3 nitrogen and oxygen atoms in total. The lowest BCUT2D eigenvalue weighted by atomic mass is 9.62. The van der Waals surface area contributed by atoms with E-state index in [0.717, 1.165) is 31.3 Å². The van der Waals surface area contributed by atoms with Crippen LogP contribution in [0.2, 0.25) is 0 Å². The highest BCUT2D eigenvalue weighted by Gasteiger charge is 2.54. The molecule has 2 fully saturated rings. The number of fused-ring (bicyclic) bond motifs is 3. The van der Waals surface area contributed by atoms with Crippen LogP contribution < -0.4 is 0 Å². The molecule has 3 atom stereocenters. The van der Waals surface area contributed by atoms with E-state index in [1.165, 1.54) is 17.6 Å². The van der Waals surface area contributed by atoms with Gasteiger partial charge in [0.15, 0.2) is 0 Å². The zero-order valence-corrected chi connectivity index (χ0v) is 11.6. The van der Waals surface area contributed by atoms with Gasteiger partial charge in [0, 0.05) is 0 Å². The minimum atomic E-state index is -0.335. The van der Waals surface area contributed by atoms with E-state index in [0.29, 0.717) is 0 Å². The molecule has 0 aromatic carbocycles. The highest BCUT2D eigenvalue weighted by Crippen LogP contribution is 2.52. The second kappa shape index (κ2) is 4.62. The third-order valence-electron chi connectivity index (χ3n) is 4.91. The third-order valence-corrected chi connectivity index (χ3v) is 4.91. The number of rotatable bonds is 1. The predicted octanol–water partition coefficient (Wildman–Crippen LogP) is 3.16. The van der Waals surface area contributed by atoms with Crippen molar-refractivity contribution in [2.45, 2.75) is 46.0 Å². The average molecular weight is 260 g/mol. The van der Waals surface area contributed by atoms with Crippen LogP contribution >= 0.6 is 0 Å². The van der Waals surface area contributed by atoms with Crippen molar-refractivity contribution in [3.8, 4) is 0 Å². The first-order valence-electron chi connectivity index (χ1n) is 7.33. The molecule has 19 heavy (non-hydrogen) atoms.